The van der Waals surface area contributed by atoms with Crippen molar-refractivity contribution in [2.45, 2.75) is 33.7 Å². The molecule has 0 atom stereocenters. The van der Waals surface area contributed by atoms with Crippen LogP contribution < -0.4 is 5.32 Å². The summed E-state index contributed by atoms with van der Waals surface area (Å²) in [7, 11) is 0. The third-order valence-electron chi connectivity index (χ3n) is 2.92. The molecule has 0 aliphatic rings. The van der Waals surface area contributed by atoms with E-state index in [1.807, 2.05) is 0 Å². The molecule has 0 saturated carbocycles. The summed E-state index contributed by atoms with van der Waals surface area (Å²) in [5.41, 5.74) is 1.62. The van der Waals surface area contributed by atoms with E-state index in [0.29, 0.717) is 11.5 Å². The first-order chi connectivity index (χ1) is 9.61. The molecular weight excluding hydrogens is 273 g/mol. The Morgan fingerprint density at radius 2 is 2.20 bits per heavy atom. The van der Waals surface area contributed by atoms with Gasteiger partial charge in [-0.25, -0.2) is 9.37 Å². The van der Waals surface area contributed by atoms with E-state index in [2.05, 4.69) is 36.1 Å². The molecule has 2 aromatic rings. The largest absolute Gasteiger partial charge is 0.312 e. The van der Waals surface area contributed by atoms with Gasteiger partial charge in [-0.2, -0.15) is 0 Å². The van der Waals surface area contributed by atoms with Crippen molar-refractivity contribution in [2.24, 2.45) is 5.92 Å². The van der Waals surface area contributed by atoms with Crippen LogP contribution in [0.1, 0.15) is 31.3 Å². The standard InChI is InChI=1S/C15H20FN3S/c1-4-17-9-14-13(7-10(2)3)19-15(20-14)11-5-6-18-8-12(11)16/h5-6,8,10,17H,4,7,9H2,1-3H3. The highest BCUT2D eigenvalue weighted by Gasteiger charge is 2.15. The van der Waals surface area contributed by atoms with Crippen molar-refractivity contribution in [3.8, 4) is 10.6 Å². The van der Waals surface area contributed by atoms with Crippen molar-refractivity contribution in [3.63, 3.8) is 0 Å². The van der Waals surface area contributed by atoms with Crippen molar-refractivity contribution in [3.05, 3.63) is 34.8 Å². The zero-order chi connectivity index (χ0) is 14.5. The van der Waals surface area contributed by atoms with Gasteiger partial charge in [0.05, 0.1) is 11.9 Å². The summed E-state index contributed by atoms with van der Waals surface area (Å²) in [6, 6.07) is 1.68. The third-order valence-corrected chi connectivity index (χ3v) is 4.05. The first-order valence-corrected chi connectivity index (χ1v) is 7.72. The maximum atomic E-state index is 13.8. The van der Waals surface area contributed by atoms with Crippen LogP contribution in [0.2, 0.25) is 0 Å². The van der Waals surface area contributed by atoms with Crippen LogP contribution >= 0.6 is 11.3 Å². The minimum Gasteiger partial charge on any atom is -0.312 e. The van der Waals surface area contributed by atoms with Crippen LogP contribution in [-0.4, -0.2) is 16.5 Å². The molecule has 2 aromatic heterocycles. The molecule has 0 aromatic carbocycles. The van der Waals surface area contributed by atoms with E-state index >= 15 is 0 Å². The van der Waals surface area contributed by atoms with Crippen LogP contribution in [0.3, 0.4) is 0 Å². The Hall–Kier alpha value is -1.33. The second kappa shape index (κ2) is 6.90. The lowest BCUT2D eigenvalue weighted by Crippen LogP contribution is -2.12. The molecule has 0 fully saturated rings. The summed E-state index contributed by atoms with van der Waals surface area (Å²) in [6.45, 7) is 8.12. The van der Waals surface area contributed by atoms with Gasteiger partial charge in [0.15, 0.2) is 5.82 Å². The van der Waals surface area contributed by atoms with Gasteiger partial charge < -0.3 is 5.32 Å². The number of halogens is 1. The summed E-state index contributed by atoms with van der Waals surface area (Å²) in [5.74, 6) is 0.222. The minimum atomic E-state index is -0.313. The molecular formula is C15H20FN3S. The third kappa shape index (κ3) is 3.61. The molecule has 2 heterocycles. The second-order valence-corrected chi connectivity index (χ2v) is 6.21. The lowest BCUT2D eigenvalue weighted by atomic mass is 10.1. The number of nitrogens with zero attached hydrogens (tertiary/aromatic N) is 2. The number of aromatic nitrogens is 2. The van der Waals surface area contributed by atoms with E-state index in [-0.39, 0.29) is 5.82 Å². The monoisotopic (exact) mass is 293 g/mol. The van der Waals surface area contributed by atoms with Crippen molar-refractivity contribution in [2.75, 3.05) is 6.54 Å². The molecule has 0 aliphatic heterocycles. The fourth-order valence-electron chi connectivity index (χ4n) is 1.97. The average molecular weight is 293 g/mol. The number of rotatable bonds is 6. The van der Waals surface area contributed by atoms with Crippen LogP contribution in [0, 0.1) is 11.7 Å². The smallest absolute Gasteiger partial charge is 0.151 e. The Morgan fingerprint density at radius 1 is 1.40 bits per heavy atom. The highest BCUT2D eigenvalue weighted by molar-refractivity contribution is 7.15. The zero-order valence-corrected chi connectivity index (χ0v) is 12.9. The van der Waals surface area contributed by atoms with Gasteiger partial charge >= 0.3 is 0 Å². The molecule has 0 aliphatic carbocycles. The van der Waals surface area contributed by atoms with Crippen molar-refractivity contribution < 1.29 is 4.39 Å². The molecule has 0 radical (unpaired) electrons. The van der Waals surface area contributed by atoms with E-state index < -0.39 is 0 Å². The molecule has 5 heteroatoms. The molecule has 0 saturated heterocycles. The molecule has 2 rings (SSSR count). The van der Waals surface area contributed by atoms with E-state index in [9.17, 15) is 4.39 Å². The lowest BCUT2D eigenvalue weighted by molar-refractivity contribution is 0.622. The SMILES string of the molecule is CCNCc1sc(-c2ccncc2F)nc1CC(C)C. The Kier molecular flexibility index (Phi) is 5.20. The van der Waals surface area contributed by atoms with Crippen LogP contribution in [0.4, 0.5) is 4.39 Å². The topological polar surface area (TPSA) is 37.8 Å². The van der Waals surface area contributed by atoms with Crippen molar-refractivity contribution in [1.29, 1.82) is 0 Å². The molecule has 20 heavy (non-hydrogen) atoms. The van der Waals surface area contributed by atoms with E-state index in [4.69, 9.17) is 0 Å². The van der Waals surface area contributed by atoms with Gasteiger partial charge in [-0.1, -0.05) is 20.8 Å². The molecule has 0 amide bonds. The highest BCUT2D eigenvalue weighted by Crippen LogP contribution is 2.30. The highest BCUT2D eigenvalue weighted by atomic mass is 32.1. The van der Waals surface area contributed by atoms with Crippen LogP contribution in [0.25, 0.3) is 10.6 Å². The molecule has 108 valence electrons. The number of thiazole rings is 1. The Labute approximate surface area is 123 Å². The summed E-state index contributed by atoms with van der Waals surface area (Å²) in [4.78, 5) is 9.63. The maximum absolute atomic E-state index is 13.8. The summed E-state index contributed by atoms with van der Waals surface area (Å²) in [6.07, 6.45) is 3.76. The number of hydrogen-bond donors (Lipinski definition) is 1. The van der Waals surface area contributed by atoms with Crippen molar-refractivity contribution in [1.82, 2.24) is 15.3 Å². The van der Waals surface area contributed by atoms with Gasteiger partial charge in [-0.05, 0) is 24.9 Å². The summed E-state index contributed by atoms with van der Waals surface area (Å²) < 4.78 is 13.8. The van der Waals surface area contributed by atoms with Gasteiger partial charge in [0.1, 0.15) is 5.01 Å². The second-order valence-electron chi connectivity index (χ2n) is 5.12. The van der Waals surface area contributed by atoms with E-state index in [0.717, 1.165) is 30.2 Å². The summed E-state index contributed by atoms with van der Waals surface area (Å²) in [5, 5.41) is 4.07. The first-order valence-electron chi connectivity index (χ1n) is 6.91. The molecule has 0 bridgehead atoms. The minimum absolute atomic E-state index is 0.313. The van der Waals surface area contributed by atoms with Gasteiger partial charge in [0, 0.05) is 23.2 Å². The fourth-order valence-corrected chi connectivity index (χ4v) is 3.06. The van der Waals surface area contributed by atoms with Gasteiger partial charge in [0.25, 0.3) is 0 Å². The normalized spacial score (nSPS) is 11.2. The Morgan fingerprint density at radius 3 is 2.85 bits per heavy atom. The Bertz CT molecular complexity index is 566. The predicted octanol–water partition coefficient (Wildman–Crippen LogP) is 3.65. The van der Waals surface area contributed by atoms with E-state index in [1.165, 1.54) is 11.1 Å². The first kappa shape index (κ1) is 15.1. The van der Waals surface area contributed by atoms with Crippen molar-refractivity contribution >= 4 is 11.3 Å². The zero-order valence-electron chi connectivity index (χ0n) is 12.1. The number of hydrogen-bond acceptors (Lipinski definition) is 4. The van der Waals surface area contributed by atoms with Gasteiger partial charge in [-0.15, -0.1) is 11.3 Å². The maximum Gasteiger partial charge on any atom is 0.151 e. The number of pyridine rings is 1. The fraction of sp³-hybridized carbons (Fsp3) is 0.467. The molecule has 0 unspecified atom stereocenters. The number of nitrogens with one attached hydrogen (secondary N) is 1. The van der Waals surface area contributed by atoms with Crippen LogP contribution in [0.15, 0.2) is 18.5 Å². The molecule has 1 N–H and O–H groups in total. The molecule has 3 nitrogen and oxygen atoms in total. The van der Waals surface area contributed by atoms with Crippen LogP contribution in [0.5, 0.6) is 0 Å². The van der Waals surface area contributed by atoms with Gasteiger partial charge in [-0.3, -0.25) is 4.98 Å². The Balaban J connectivity index is 2.35. The van der Waals surface area contributed by atoms with E-state index in [1.54, 1.807) is 23.6 Å². The predicted molar refractivity (Wildman–Crippen MR) is 81.2 cm³/mol. The quantitative estimate of drug-likeness (QED) is 0.883. The lowest BCUT2D eigenvalue weighted by Gasteiger charge is -2.04. The summed E-state index contributed by atoms with van der Waals surface area (Å²) >= 11 is 1.57. The van der Waals surface area contributed by atoms with Crippen LogP contribution in [-0.2, 0) is 13.0 Å². The van der Waals surface area contributed by atoms with Gasteiger partial charge in [0.2, 0.25) is 0 Å². The average Bonchev–Trinajstić information content (AvgIpc) is 2.79. The molecule has 0 spiro atoms.